The summed E-state index contributed by atoms with van der Waals surface area (Å²) in [6.45, 7) is 0. The fourth-order valence-electron chi connectivity index (χ4n) is 1.68. The fourth-order valence-corrected chi connectivity index (χ4v) is 1.68. The third-order valence-electron chi connectivity index (χ3n) is 2.69. The van der Waals surface area contributed by atoms with Crippen LogP contribution in [0.4, 0.5) is 5.82 Å². The summed E-state index contributed by atoms with van der Waals surface area (Å²) in [6.07, 6.45) is 0. The lowest BCUT2D eigenvalue weighted by Gasteiger charge is -2.12. The van der Waals surface area contributed by atoms with E-state index in [1.165, 1.54) is 0 Å². The van der Waals surface area contributed by atoms with Crippen molar-refractivity contribution in [3.8, 4) is 6.07 Å². The van der Waals surface area contributed by atoms with E-state index in [0.717, 1.165) is 11.4 Å². The standard InChI is InChI=1S/C14H14N4/c1-18(2)14-9-8-13(16-17-14)12(10-15)11-6-4-3-5-7-11/h3-9,12H,1-2H3/t12-/m0/s1. The Bertz CT molecular complexity index is 540. The van der Waals surface area contributed by atoms with E-state index in [1.807, 2.05) is 61.5 Å². The topological polar surface area (TPSA) is 52.8 Å². The SMILES string of the molecule is CN(C)c1ccc([C@@H](C#N)c2ccccc2)nn1. The molecule has 0 fully saturated rings. The van der Waals surface area contributed by atoms with Crippen LogP contribution in [-0.2, 0) is 0 Å². The lowest BCUT2D eigenvalue weighted by Crippen LogP contribution is -2.12. The van der Waals surface area contributed by atoms with E-state index in [-0.39, 0.29) is 5.92 Å². The fraction of sp³-hybridized carbons (Fsp3) is 0.214. The number of nitrogens with zero attached hydrogens (tertiary/aromatic N) is 4. The van der Waals surface area contributed by atoms with Crippen molar-refractivity contribution < 1.29 is 0 Å². The normalized spacial score (nSPS) is 11.6. The molecule has 1 aromatic heterocycles. The molecule has 18 heavy (non-hydrogen) atoms. The summed E-state index contributed by atoms with van der Waals surface area (Å²) in [7, 11) is 3.81. The van der Waals surface area contributed by atoms with Gasteiger partial charge in [-0.2, -0.15) is 10.4 Å². The second-order valence-corrected chi connectivity index (χ2v) is 4.18. The van der Waals surface area contributed by atoms with E-state index in [9.17, 15) is 5.26 Å². The summed E-state index contributed by atoms with van der Waals surface area (Å²) in [5.74, 6) is 0.415. The van der Waals surface area contributed by atoms with Gasteiger partial charge in [0.05, 0.1) is 11.8 Å². The lowest BCUT2D eigenvalue weighted by atomic mass is 9.97. The molecule has 0 aliphatic carbocycles. The average Bonchev–Trinajstić information content (AvgIpc) is 2.41. The molecule has 1 atom stereocenters. The van der Waals surface area contributed by atoms with Crippen LogP contribution in [0.3, 0.4) is 0 Å². The minimum absolute atomic E-state index is 0.366. The number of nitriles is 1. The molecular weight excluding hydrogens is 224 g/mol. The van der Waals surface area contributed by atoms with Crippen LogP contribution in [0.25, 0.3) is 0 Å². The molecule has 2 rings (SSSR count). The van der Waals surface area contributed by atoms with E-state index in [1.54, 1.807) is 0 Å². The molecule has 4 heteroatoms. The van der Waals surface area contributed by atoms with Crippen molar-refractivity contribution in [3.05, 3.63) is 53.7 Å². The Kier molecular flexibility index (Phi) is 3.54. The number of aromatic nitrogens is 2. The van der Waals surface area contributed by atoms with Crippen LogP contribution in [0.1, 0.15) is 17.2 Å². The molecular formula is C14H14N4. The lowest BCUT2D eigenvalue weighted by molar-refractivity contribution is 0.868. The first-order valence-electron chi connectivity index (χ1n) is 5.68. The Morgan fingerprint density at radius 2 is 1.78 bits per heavy atom. The highest BCUT2D eigenvalue weighted by atomic mass is 15.2. The van der Waals surface area contributed by atoms with Gasteiger partial charge in [-0.05, 0) is 17.7 Å². The van der Waals surface area contributed by atoms with E-state index in [2.05, 4.69) is 16.3 Å². The molecule has 0 unspecified atom stereocenters. The second kappa shape index (κ2) is 5.28. The first-order valence-corrected chi connectivity index (χ1v) is 5.68. The van der Waals surface area contributed by atoms with Crippen LogP contribution >= 0.6 is 0 Å². The maximum atomic E-state index is 9.28. The van der Waals surface area contributed by atoms with Gasteiger partial charge in [-0.3, -0.25) is 0 Å². The summed E-state index contributed by atoms with van der Waals surface area (Å²) in [6, 6.07) is 15.6. The first kappa shape index (κ1) is 12.1. The van der Waals surface area contributed by atoms with Crippen molar-refractivity contribution in [2.24, 2.45) is 0 Å². The third kappa shape index (κ3) is 2.46. The summed E-state index contributed by atoms with van der Waals surface area (Å²) >= 11 is 0. The highest BCUT2D eigenvalue weighted by Gasteiger charge is 2.15. The van der Waals surface area contributed by atoms with E-state index in [4.69, 9.17) is 0 Å². The molecule has 0 amide bonds. The van der Waals surface area contributed by atoms with Gasteiger partial charge in [0.15, 0.2) is 5.82 Å². The van der Waals surface area contributed by atoms with Crippen LogP contribution in [0.15, 0.2) is 42.5 Å². The van der Waals surface area contributed by atoms with Crippen molar-refractivity contribution in [1.29, 1.82) is 5.26 Å². The molecule has 2 aromatic rings. The number of rotatable bonds is 3. The van der Waals surface area contributed by atoms with Gasteiger partial charge in [-0.25, -0.2) is 0 Å². The zero-order chi connectivity index (χ0) is 13.0. The van der Waals surface area contributed by atoms with Crippen molar-refractivity contribution in [2.75, 3.05) is 19.0 Å². The summed E-state index contributed by atoms with van der Waals surface area (Å²) in [5.41, 5.74) is 1.61. The molecule has 1 aromatic carbocycles. The number of anilines is 1. The average molecular weight is 238 g/mol. The number of hydrogen-bond donors (Lipinski definition) is 0. The predicted octanol–water partition coefficient (Wildman–Crippen LogP) is 2.20. The van der Waals surface area contributed by atoms with Crippen LogP contribution in [0.2, 0.25) is 0 Å². The Hall–Kier alpha value is -2.41. The zero-order valence-corrected chi connectivity index (χ0v) is 10.4. The van der Waals surface area contributed by atoms with Crippen molar-refractivity contribution >= 4 is 5.82 Å². The molecule has 0 aliphatic rings. The van der Waals surface area contributed by atoms with Crippen LogP contribution < -0.4 is 4.90 Å². The Balaban J connectivity index is 2.32. The van der Waals surface area contributed by atoms with Gasteiger partial charge >= 0.3 is 0 Å². The van der Waals surface area contributed by atoms with Crippen molar-refractivity contribution in [2.45, 2.75) is 5.92 Å². The van der Waals surface area contributed by atoms with Gasteiger partial charge in [-0.1, -0.05) is 30.3 Å². The van der Waals surface area contributed by atoms with E-state index >= 15 is 0 Å². The smallest absolute Gasteiger partial charge is 0.150 e. The molecule has 0 N–H and O–H groups in total. The largest absolute Gasteiger partial charge is 0.361 e. The molecule has 0 bridgehead atoms. The molecule has 0 radical (unpaired) electrons. The van der Waals surface area contributed by atoms with Crippen molar-refractivity contribution in [3.63, 3.8) is 0 Å². The van der Waals surface area contributed by atoms with Gasteiger partial charge in [-0.15, -0.1) is 5.10 Å². The monoisotopic (exact) mass is 238 g/mol. The van der Waals surface area contributed by atoms with E-state index in [0.29, 0.717) is 5.69 Å². The molecule has 0 saturated heterocycles. The number of hydrogen-bond acceptors (Lipinski definition) is 4. The van der Waals surface area contributed by atoms with Crippen LogP contribution in [0.5, 0.6) is 0 Å². The summed E-state index contributed by atoms with van der Waals surface area (Å²) < 4.78 is 0. The maximum Gasteiger partial charge on any atom is 0.150 e. The van der Waals surface area contributed by atoms with Crippen LogP contribution in [0, 0.1) is 11.3 Å². The highest BCUT2D eigenvalue weighted by molar-refractivity contribution is 5.39. The Morgan fingerprint density at radius 1 is 1.06 bits per heavy atom. The van der Waals surface area contributed by atoms with Gasteiger partial charge in [0.2, 0.25) is 0 Å². The minimum Gasteiger partial charge on any atom is -0.361 e. The van der Waals surface area contributed by atoms with Crippen molar-refractivity contribution in [1.82, 2.24) is 10.2 Å². The minimum atomic E-state index is -0.366. The molecule has 0 spiro atoms. The second-order valence-electron chi connectivity index (χ2n) is 4.18. The predicted molar refractivity (Wildman–Crippen MR) is 70.3 cm³/mol. The van der Waals surface area contributed by atoms with Gasteiger partial charge in [0, 0.05) is 14.1 Å². The highest BCUT2D eigenvalue weighted by Crippen LogP contribution is 2.22. The molecule has 1 heterocycles. The van der Waals surface area contributed by atoms with E-state index < -0.39 is 0 Å². The van der Waals surface area contributed by atoms with Gasteiger partial charge < -0.3 is 4.90 Å². The zero-order valence-electron chi connectivity index (χ0n) is 10.4. The number of benzene rings is 1. The Labute approximate surface area is 107 Å². The Morgan fingerprint density at radius 3 is 2.28 bits per heavy atom. The van der Waals surface area contributed by atoms with Gasteiger partial charge in [0.1, 0.15) is 5.92 Å². The molecule has 90 valence electrons. The summed E-state index contributed by atoms with van der Waals surface area (Å²) in [5, 5.41) is 17.5. The first-order chi connectivity index (χ1) is 8.72. The quantitative estimate of drug-likeness (QED) is 0.822. The maximum absolute atomic E-state index is 9.28. The molecule has 0 aliphatic heterocycles. The van der Waals surface area contributed by atoms with Gasteiger partial charge in [0.25, 0.3) is 0 Å². The third-order valence-corrected chi connectivity index (χ3v) is 2.69. The molecule has 4 nitrogen and oxygen atoms in total. The summed E-state index contributed by atoms with van der Waals surface area (Å²) in [4.78, 5) is 1.88. The molecule has 0 saturated carbocycles. The van der Waals surface area contributed by atoms with Crippen LogP contribution in [-0.4, -0.2) is 24.3 Å².